The lowest BCUT2D eigenvalue weighted by molar-refractivity contribution is 0.312. The lowest BCUT2D eigenvalue weighted by Crippen LogP contribution is -2.44. The van der Waals surface area contributed by atoms with Gasteiger partial charge in [-0.2, -0.15) is 0 Å². The second-order valence-corrected chi connectivity index (χ2v) is 9.82. The van der Waals surface area contributed by atoms with E-state index in [1.807, 2.05) is 48.0 Å². The molecule has 0 radical (unpaired) electrons. The topological polar surface area (TPSA) is 62.6 Å². The Bertz CT molecular complexity index is 1330. The van der Waals surface area contributed by atoms with Gasteiger partial charge in [0.25, 0.3) is 0 Å². The van der Waals surface area contributed by atoms with Gasteiger partial charge in [-0.05, 0) is 42.9 Å². The van der Waals surface area contributed by atoms with Gasteiger partial charge < -0.3 is 23.8 Å². The van der Waals surface area contributed by atoms with Crippen molar-refractivity contribution < 1.29 is 8.95 Å². The van der Waals surface area contributed by atoms with E-state index in [4.69, 9.17) is 4.74 Å². The van der Waals surface area contributed by atoms with Crippen molar-refractivity contribution in [2.24, 2.45) is 7.05 Å². The van der Waals surface area contributed by atoms with Crippen LogP contribution in [-0.4, -0.2) is 59.0 Å². The van der Waals surface area contributed by atoms with Crippen LogP contribution in [0.4, 0.5) is 11.4 Å². The highest BCUT2D eigenvalue weighted by atomic mass is 32.2. The van der Waals surface area contributed by atoms with Crippen LogP contribution >= 0.6 is 0 Å². The first kappa shape index (κ1) is 22.4. The first-order chi connectivity index (χ1) is 16.5. The molecule has 1 atom stereocenters. The maximum absolute atomic E-state index is 13.0. The van der Waals surface area contributed by atoms with E-state index in [0.29, 0.717) is 0 Å². The molecule has 34 heavy (non-hydrogen) atoms. The summed E-state index contributed by atoms with van der Waals surface area (Å²) < 4.78 is 23.9. The Labute approximate surface area is 202 Å². The van der Waals surface area contributed by atoms with Gasteiger partial charge in [0.1, 0.15) is 22.4 Å². The van der Waals surface area contributed by atoms with E-state index in [1.54, 1.807) is 13.3 Å². The SMILES string of the molecule is COc1cc(-c2cn(C)c3nccc(NS(=O)c4ccccc4)c23)cc(N2CCN(C)CC2)c1. The summed E-state index contributed by atoms with van der Waals surface area (Å²) in [7, 11) is 4.46. The summed E-state index contributed by atoms with van der Waals surface area (Å²) in [4.78, 5) is 10.1. The van der Waals surface area contributed by atoms with Gasteiger partial charge in [0.05, 0.1) is 23.1 Å². The molecule has 4 aromatic rings. The van der Waals surface area contributed by atoms with Crippen molar-refractivity contribution in [3.8, 4) is 16.9 Å². The Morgan fingerprint density at radius 1 is 1.00 bits per heavy atom. The Morgan fingerprint density at radius 3 is 2.50 bits per heavy atom. The molecule has 0 aliphatic carbocycles. The Kier molecular flexibility index (Phi) is 6.26. The Morgan fingerprint density at radius 2 is 1.76 bits per heavy atom. The highest BCUT2D eigenvalue weighted by Gasteiger charge is 2.19. The number of methoxy groups -OCH3 is 1. The fourth-order valence-electron chi connectivity index (χ4n) is 4.41. The molecule has 1 aliphatic heterocycles. The minimum absolute atomic E-state index is 0.726. The summed E-state index contributed by atoms with van der Waals surface area (Å²) in [5.74, 6) is 0.815. The summed E-state index contributed by atoms with van der Waals surface area (Å²) in [5, 5.41) is 0.937. The van der Waals surface area contributed by atoms with E-state index >= 15 is 0 Å². The molecule has 1 fully saturated rings. The van der Waals surface area contributed by atoms with E-state index in [1.165, 1.54) is 0 Å². The van der Waals surface area contributed by atoms with E-state index in [9.17, 15) is 4.21 Å². The van der Waals surface area contributed by atoms with Gasteiger partial charge in [0, 0.05) is 62.9 Å². The Balaban J connectivity index is 1.59. The third kappa shape index (κ3) is 4.38. The maximum Gasteiger partial charge on any atom is 0.150 e. The van der Waals surface area contributed by atoms with Crippen LogP contribution in [0.3, 0.4) is 0 Å². The molecule has 1 saturated heterocycles. The van der Waals surface area contributed by atoms with Crippen LogP contribution in [0.1, 0.15) is 0 Å². The maximum atomic E-state index is 13.0. The molecular weight excluding hydrogens is 446 g/mol. The number of nitrogens with one attached hydrogen (secondary N) is 1. The molecule has 0 saturated carbocycles. The average Bonchev–Trinajstić information content (AvgIpc) is 3.22. The van der Waals surface area contributed by atoms with Crippen LogP contribution in [-0.2, 0) is 18.0 Å². The zero-order valence-electron chi connectivity index (χ0n) is 19.7. The van der Waals surface area contributed by atoms with Gasteiger partial charge in [-0.25, -0.2) is 9.19 Å². The summed E-state index contributed by atoms with van der Waals surface area (Å²) in [5.41, 5.74) is 4.82. The molecule has 176 valence electrons. The number of benzene rings is 2. The third-order valence-corrected chi connectivity index (χ3v) is 7.43. The fourth-order valence-corrected chi connectivity index (χ4v) is 5.31. The van der Waals surface area contributed by atoms with Crippen LogP contribution in [0.15, 0.2) is 71.9 Å². The quantitative estimate of drug-likeness (QED) is 0.454. The number of piperazine rings is 1. The van der Waals surface area contributed by atoms with E-state index in [-0.39, 0.29) is 0 Å². The van der Waals surface area contributed by atoms with Gasteiger partial charge in [0.15, 0.2) is 0 Å². The number of aryl methyl sites for hydroxylation is 1. The number of nitrogens with zero attached hydrogens (tertiary/aromatic N) is 4. The molecule has 1 aliphatic rings. The average molecular weight is 476 g/mol. The molecule has 5 rings (SSSR count). The number of ether oxygens (including phenoxy) is 1. The number of fused-ring (bicyclic) bond motifs is 1. The number of rotatable bonds is 6. The number of likely N-dealkylation sites (N-methyl/N-ethyl adjacent to an activating group) is 1. The Hall–Kier alpha value is -3.36. The lowest BCUT2D eigenvalue weighted by atomic mass is 10.0. The molecule has 0 amide bonds. The first-order valence-corrected chi connectivity index (χ1v) is 12.5. The molecule has 2 aromatic carbocycles. The van der Waals surface area contributed by atoms with Crippen molar-refractivity contribution in [3.63, 3.8) is 0 Å². The van der Waals surface area contributed by atoms with Gasteiger partial charge in [0.2, 0.25) is 0 Å². The second kappa shape index (κ2) is 9.48. The zero-order valence-corrected chi connectivity index (χ0v) is 20.5. The van der Waals surface area contributed by atoms with Crippen molar-refractivity contribution >= 4 is 33.4 Å². The lowest BCUT2D eigenvalue weighted by Gasteiger charge is -2.34. The van der Waals surface area contributed by atoms with Gasteiger partial charge in [-0.3, -0.25) is 0 Å². The minimum atomic E-state index is -1.39. The summed E-state index contributed by atoms with van der Waals surface area (Å²) in [6, 6.07) is 17.7. The standard InChI is InChI=1S/C26H29N5O2S/c1-29-11-13-31(14-12-29)20-15-19(16-21(17-20)33-3)23-18-30(2)26-25(23)24(9-10-27-26)28-34(32)22-7-5-4-6-8-22/h4-10,15-18H,11-14H2,1-3H3,(H,27,28). The number of aromatic nitrogens is 2. The molecule has 0 spiro atoms. The van der Waals surface area contributed by atoms with Crippen LogP contribution in [0.5, 0.6) is 5.75 Å². The minimum Gasteiger partial charge on any atom is -0.497 e. The second-order valence-electron chi connectivity index (χ2n) is 8.60. The van der Waals surface area contributed by atoms with Crippen molar-refractivity contribution in [2.75, 3.05) is 50.0 Å². The van der Waals surface area contributed by atoms with E-state index in [0.717, 1.165) is 70.4 Å². The normalized spacial score (nSPS) is 15.4. The van der Waals surface area contributed by atoms with Crippen molar-refractivity contribution in [1.29, 1.82) is 0 Å². The molecule has 2 aromatic heterocycles. The first-order valence-electron chi connectivity index (χ1n) is 11.3. The molecule has 7 nitrogen and oxygen atoms in total. The number of hydrogen-bond acceptors (Lipinski definition) is 5. The van der Waals surface area contributed by atoms with Gasteiger partial charge in [-0.1, -0.05) is 18.2 Å². The van der Waals surface area contributed by atoms with Crippen LogP contribution < -0.4 is 14.4 Å². The van der Waals surface area contributed by atoms with Crippen molar-refractivity contribution in [1.82, 2.24) is 14.5 Å². The number of pyridine rings is 1. The highest BCUT2D eigenvalue weighted by molar-refractivity contribution is 7.86. The predicted octanol–water partition coefficient (Wildman–Crippen LogP) is 4.14. The van der Waals surface area contributed by atoms with Gasteiger partial charge in [-0.15, -0.1) is 0 Å². The monoisotopic (exact) mass is 475 g/mol. The molecule has 8 heteroatoms. The van der Waals surface area contributed by atoms with E-state index in [2.05, 4.69) is 50.9 Å². The summed E-state index contributed by atoms with van der Waals surface area (Å²) in [6.45, 7) is 4.01. The highest BCUT2D eigenvalue weighted by Crippen LogP contribution is 2.38. The third-order valence-electron chi connectivity index (χ3n) is 6.32. The molecule has 0 bridgehead atoms. The van der Waals surface area contributed by atoms with E-state index < -0.39 is 11.0 Å². The summed E-state index contributed by atoms with van der Waals surface area (Å²) >= 11 is 0. The molecule has 3 heterocycles. The summed E-state index contributed by atoms with van der Waals surface area (Å²) in [6.07, 6.45) is 3.83. The number of hydrogen-bond donors (Lipinski definition) is 1. The largest absolute Gasteiger partial charge is 0.497 e. The zero-order chi connectivity index (χ0) is 23.7. The van der Waals surface area contributed by atoms with Gasteiger partial charge >= 0.3 is 0 Å². The molecule has 1 unspecified atom stereocenters. The fraction of sp³-hybridized carbons (Fsp3) is 0.269. The van der Waals surface area contributed by atoms with Crippen LogP contribution in [0.2, 0.25) is 0 Å². The molecule has 1 N–H and O–H groups in total. The van der Waals surface area contributed by atoms with Crippen LogP contribution in [0.25, 0.3) is 22.2 Å². The predicted molar refractivity (Wildman–Crippen MR) is 139 cm³/mol. The van der Waals surface area contributed by atoms with Crippen molar-refractivity contribution in [2.45, 2.75) is 4.90 Å². The van der Waals surface area contributed by atoms with Crippen molar-refractivity contribution in [3.05, 3.63) is 67.0 Å². The number of anilines is 2. The molecular formula is C26H29N5O2S. The smallest absolute Gasteiger partial charge is 0.150 e. The van der Waals surface area contributed by atoms with Crippen LogP contribution in [0, 0.1) is 0 Å².